The number of nitrogen functional groups attached to an aromatic ring is 2. The maximum Gasteiger partial charge on any atom is 0.0314 e. The molecule has 5 rings (SSSR count). The Morgan fingerprint density at radius 3 is 1.17 bits per heavy atom. The van der Waals surface area contributed by atoms with Gasteiger partial charge in [-0.25, -0.2) is 0 Å². The van der Waals surface area contributed by atoms with Gasteiger partial charge in [-0.15, -0.1) is 0 Å². The molecule has 3 unspecified atom stereocenters. The van der Waals surface area contributed by atoms with Crippen LogP contribution in [0.3, 0.4) is 0 Å². The number of hydrogen-bond donors (Lipinski definition) is 2. The molecule has 0 aliphatic heterocycles. The standard InChI is InChI=1S/C50H70N2/c1-4-7-8-9-10-12-19-39(38-17-13-11-14-18-38)32-37-50(42-24-20-40(21-25-42)48(15-5-2)44-28-33-46(51)34-29-44)43-26-22-41(23-27-43)49(16-6-3)45-30-35-47(52)36-31-45/h20-31,33-36,38-39,48-50H,4-19,32,37,51-52H2,1-3H3. The van der Waals surface area contributed by atoms with Gasteiger partial charge >= 0.3 is 0 Å². The molecule has 4 aromatic carbocycles. The van der Waals surface area contributed by atoms with Crippen LogP contribution in [-0.4, -0.2) is 0 Å². The summed E-state index contributed by atoms with van der Waals surface area (Å²) in [7, 11) is 0. The highest BCUT2D eigenvalue weighted by Crippen LogP contribution is 2.40. The van der Waals surface area contributed by atoms with Gasteiger partial charge in [0.2, 0.25) is 0 Å². The van der Waals surface area contributed by atoms with Gasteiger partial charge in [0.25, 0.3) is 0 Å². The van der Waals surface area contributed by atoms with Crippen molar-refractivity contribution >= 4 is 11.4 Å². The summed E-state index contributed by atoms with van der Waals surface area (Å²) in [5.41, 5.74) is 22.3. The third-order valence-corrected chi connectivity index (χ3v) is 12.4. The number of anilines is 2. The van der Waals surface area contributed by atoms with Crippen molar-refractivity contribution in [2.24, 2.45) is 11.8 Å². The molecule has 0 heterocycles. The Morgan fingerprint density at radius 1 is 0.404 bits per heavy atom. The fourth-order valence-corrected chi connectivity index (χ4v) is 9.32. The molecule has 0 spiro atoms. The van der Waals surface area contributed by atoms with Gasteiger partial charge in [0.05, 0.1) is 0 Å². The Bertz CT molecular complexity index is 1430. The Morgan fingerprint density at radius 2 is 0.769 bits per heavy atom. The summed E-state index contributed by atoms with van der Waals surface area (Å²) >= 11 is 0. The number of hydrogen-bond acceptors (Lipinski definition) is 2. The molecular formula is C50H70N2. The van der Waals surface area contributed by atoms with Crippen molar-refractivity contribution in [2.75, 3.05) is 11.5 Å². The van der Waals surface area contributed by atoms with Crippen molar-refractivity contribution in [3.8, 4) is 0 Å². The quantitative estimate of drug-likeness (QED) is 0.0672. The van der Waals surface area contributed by atoms with Gasteiger partial charge in [-0.05, 0) is 95.2 Å². The summed E-state index contributed by atoms with van der Waals surface area (Å²) in [4.78, 5) is 0. The minimum Gasteiger partial charge on any atom is -0.399 e. The molecule has 280 valence electrons. The van der Waals surface area contributed by atoms with Crippen molar-refractivity contribution in [3.63, 3.8) is 0 Å². The molecule has 1 aliphatic rings. The minimum atomic E-state index is 0.397. The summed E-state index contributed by atoms with van der Waals surface area (Å²) in [6.07, 6.45) is 24.1. The van der Waals surface area contributed by atoms with E-state index < -0.39 is 0 Å². The van der Waals surface area contributed by atoms with Crippen LogP contribution in [-0.2, 0) is 0 Å². The highest BCUT2D eigenvalue weighted by Gasteiger charge is 2.26. The smallest absolute Gasteiger partial charge is 0.0314 e. The van der Waals surface area contributed by atoms with E-state index in [0.717, 1.165) is 48.9 Å². The van der Waals surface area contributed by atoms with E-state index in [4.69, 9.17) is 11.5 Å². The zero-order valence-corrected chi connectivity index (χ0v) is 33.0. The first-order valence-corrected chi connectivity index (χ1v) is 21.4. The molecule has 3 atom stereocenters. The van der Waals surface area contributed by atoms with Crippen LogP contribution in [0.15, 0.2) is 97.1 Å². The summed E-state index contributed by atoms with van der Waals surface area (Å²) < 4.78 is 0. The lowest BCUT2D eigenvalue weighted by Crippen LogP contribution is -2.19. The Hall–Kier alpha value is -3.52. The first-order valence-electron chi connectivity index (χ1n) is 21.4. The highest BCUT2D eigenvalue weighted by molar-refractivity contribution is 5.45. The van der Waals surface area contributed by atoms with Gasteiger partial charge in [0, 0.05) is 29.1 Å². The second kappa shape index (κ2) is 21.2. The first-order chi connectivity index (χ1) is 25.5. The van der Waals surface area contributed by atoms with E-state index in [-0.39, 0.29) is 0 Å². The number of rotatable bonds is 21. The van der Waals surface area contributed by atoms with Crippen LogP contribution >= 0.6 is 0 Å². The minimum absolute atomic E-state index is 0.397. The molecule has 4 aromatic rings. The topological polar surface area (TPSA) is 52.0 Å². The molecular weight excluding hydrogens is 629 g/mol. The van der Waals surface area contributed by atoms with Gasteiger partial charge in [-0.1, -0.05) is 183 Å². The van der Waals surface area contributed by atoms with E-state index in [1.165, 1.54) is 123 Å². The molecule has 4 N–H and O–H groups in total. The Kier molecular flexibility index (Phi) is 16.2. The second-order valence-electron chi connectivity index (χ2n) is 16.2. The average molecular weight is 699 g/mol. The van der Waals surface area contributed by atoms with Crippen molar-refractivity contribution in [2.45, 2.75) is 154 Å². The molecule has 0 radical (unpaired) electrons. The van der Waals surface area contributed by atoms with Gasteiger partial charge in [-0.2, -0.15) is 0 Å². The van der Waals surface area contributed by atoms with Crippen LogP contribution in [0.25, 0.3) is 0 Å². The van der Waals surface area contributed by atoms with E-state index in [9.17, 15) is 0 Å². The fraction of sp³-hybridized carbons (Fsp3) is 0.520. The molecule has 2 heteroatoms. The third kappa shape index (κ3) is 11.5. The SMILES string of the molecule is CCCCCCCCC(CCC(c1ccc(C(CCC)c2ccc(N)cc2)cc1)c1ccc(C(CCC)c2ccc(N)cc2)cc1)C1CCCCC1. The van der Waals surface area contributed by atoms with E-state index in [0.29, 0.717) is 17.8 Å². The lowest BCUT2D eigenvalue weighted by molar-refractivity contribution is 0.214. The predicted molar refractivity (Wildman–Crippen MR) is 227 cm³/mol. The molecule has 0 saturated heterocycles. The summed E-state index contributed by atoms with van der Waals surface area (Å²) in [6.45, 7) is 6.92. The summed E-state index contributed by atoms with van der Waals surface area (Å²) in [6, 6.07) is 36.7. The number of nitrogens with two attached hydrogens (primary N) is 2. The zero-order chi connectivity index (χ0) is 36.5. The summed E-state index contributed by atoms with van der Waals surface area (Å²) in [5, 5.41) is 0. The summed E-state index contributed by atoms with van der Waals surface area (Å²) in [5.74, 6) is 2.97. The molecule has 0 bridgehead atoms. The molecule has 1 aliphatic carbocycles. The van der Waals surface area contributed by atoms with Crippen molar-refractivity contribution in [3.05, 3.63) is 130 Å². The largest absolute Gasteiger partial charge is 0.399 e. The fourth-order valence-electron chi connectivity index (χ4n) is 9.32. The Labute approximate surface area is 318 Å². The van der Waals surface area contributed by atoms with Gasteiger partial charge < -0.3 is 11.5 Å². The molecule has 0 aromatic heterocycles. The van der Waals surface area contributed by atoms with Crippen LogP contribution in [0.2, 0.25) is 0 Å². The van der Waals surface area contributed by atoms with E-state index in [2.05, 4.69) is 118 Å². The van der Waals surface area contributed by atoms with Crippen molar-refractivity contribution in [1.29, 1.82) is 0 Å². The first kappa shape index (κ1) is 39.7. The number of unbranched alkanes of at least 4 members (excludes halogenated alkanes) is 5. The van der Waals surface area contributed by atoms with Crippen LogP contribution in [0, 0.1) is 11.8 Å². The lowest BCUT2D eigenvalue weighted by Gasteiger charge is -2.32. The molecule has 1 saturated carbocycles. The lowest BCUT2D eigenvalue weighted by atomic mass is 9.73. The predicted octanol–water partition coefficient (Wildman–Crippen LogP) is 14.6. The van der Waals surface area contributed by atoms with E-state index in [1.54, 1.807) is 0 Å². The van der Waals surface area contributed by atoms with Crippen LogP contribution in [0.4, 0.5) is 11.4 Å². The van der Waals surface area contributed by atoms with Crippen molar-refractivity contribution in [1.82, 2.24) is 0 Å². The second-order valence-corrected chi connectivity index (χ2v) is 16.2. The van der Waals surface area contributed by atoms with E-state index >= 15 is 0 Å². The van der Waals surface area contributed by atoms with Crippen LogP contribution < -0.4 is 11.5 Å². The zero-order valence-electron chi connectivity index (χ0n) is 33.0. The maximum atomic E-state index is 6.07. The monoisotopic (exact) mass is 699 g/mol. The number of benzene rings is 4. The van der Waals surface area contributed by atoms with Gasteiger partial charge in [0.15, 0.2) is 0 Å². The Balaban J connectivity index is 1.41. The van der Waals surface area contributed by atoms with Gasteiger partial charge in [0.1, 0.15) is 0 Å². The molecule has 0 amide bonds. The molecule has 52 heavy (non-hydrogen) atoms. The average Bonchev–Trinajstić information content (AvgIpc) is 3.18. The molecule has 2 nitrogen and oxygen atoms in total. The van der Waals surface area contributed by atoms with E-state index in [1.807, 2.05) is 0 Å². The highest BCUT2D eigenvalue weighted by atomic mass is 14.5. The molecule has 1 fully saturated rings. The van der Waals surface area contributed by atoms with Crippen LogP contribution in [0.5, 0.6) is 0 Å². The maximum absolute atomic E-state index is 6.07. The third-order valence-electron chi connectivity index (χ3n) is 12.4. The van der Waals surface area contributed by atoms with Crippen molar-refractivity contribution < 1.29 is 0 Å². The van der Waals surface area contributed by atoms with Gasteiger partial charge in [-0.3, -0.25) is 0 Å². The van der Waals surface area contributed by atoms with Crippen LogP contribution in [0.1, 0.15) is 187 Å². The normalized spacial score (nSPS) is 16.0.